The van der Waals surface area contributed by atoms with Crippen LogP contribution in [0.25, 0.3) is 0 Å². The van der Waals surface area contributed by atoms with E-state index in [2.05, 4.69) is 25.9 Å². The molecule has 1 heterocycles. The van der Waals surface area contributed by atoms with Crippen LogP contribution < -0.4 is 27.4 Å². The number of aliphatic hydroxyl groups excluding tert-OH is 1. The number of primary amides is 1. The summed E-state index contributed by atoms with van der Waals surface area (Å²) >= 11 is 0. The van der Waals surface area contributed by atoms with Crippen molar-refractivity contribution in [1.29, 1.82) is 0 Å². The van der Waals surface area contributed by atoms with Crippen molar-refractivity contribution in [1.82, 2.24) is 25.9 Å². The zero-order chi connectivity index (χ0) is 24.4. The van der Waals surface area contributed by atoms with Crippen LogP contribution in [-0.4, -0.2) is 80.6 Å². The Morgan fingerprint density at radius 1 is 1.03 bits per heavy atom. The quantitative estimate of drug-likeness (QED) is 0.146. The summed E-state index contributed by atoms with van der Waals surface area (Å²) in [5, 5.41) is 25.0. The molecule has 1 aromatic heterocycles. The van der Waals surface area contributed by atoms with E-state index in [0.29, 0.717) is 5.69 Å². The first kappa shape index (κ1) is 26.5. The fraction of sp³-hybridized carbons (Fsp3) is 0.556. The predicted molar refractivity (Wildman–Crippen MR) is 109 cm³/mol. The lowest BCUT2D eigenvalue weighted by atomic mass is 10.0. The van der Waals surface area contributed by atoms with E-state index in [0.717, 1.165) is 0 Å². The number of amides is 4. The standard InChI is InChI=1S/C18H29N7O7/c1-8(2)14(20)17(30)24-11(4-13(19)27)16(29)23-10(3-9-5-21-7-22-9)15(28)25-12(6-26)18(31)32/h5,7-8,10-12,14,26H,3-4,6,20H2,1-2H3,(H2,19,27)(H,21,22)(H,23,29)(H,24,30)(H,25,28)(H,31,32). The molecular formula is C18H29N7O7. The van der Waals surface area contributed by atoms with Gasteiger partial charge in [0.2, 0.25) is 23.6 Å². The summed E-state index contributed by atoms with van der Waals surface area (Å²) < 4.78 is 0. The Kier molecular flexibility index (Phi) is 10.2. The summed E-state index contributed by atoms with van der Waals surface area (Å²) in [5.41, 5.74) is 11.4. The maximum Gasteiger partial charge on any atom is 0.328 e. The monoisotopic (exact) mass is 455 g/mol. The number of nitrogens with zero attached hydrogens (tertiary/aromatic N) is 1. The van der Waals surface area contributed by atoms with Crippen molar-refractivity contribution in [3.8, 4) is 0 Å². The summed E-state index contributed by atoms with van der Waals surface area (Å²) in [5.74, 6) is -5.14. The third-order valence-corrected chi connectivity index (χ3v) is 4.47. The zero-order valence-electron chi connectivity index (χ0n) is 17.7. The predicted octanol–water partition coefficient (Wildman–Crippen LogP) is -3.66. The lowest BCUT2D eigenvalue weighted by Gasteiger charge is -2.25. The third kappa shape index (κ3) is 8.31. The molecule has 0 radical (unpaired) electrons. The second-order valence-electron chi connectivity index (χ2n) is 7.43. The molecule has 4 amide bonds. The van der Waals surface area contributed by atoms with Crippen molar-refractivity contribution in [2.24, 2.45) is 17.4 Å². The van der Waals surface area contributed by atoms with Crippen LogP contribution in [0.3, 0.4) is 0 Å². The number of aromatic nitrogens is 2. The summed E-state index contributed by atoms with van der Waals surface area (Å²) in [7, 11) is 0. The Bertz CT molecular complexity index is 813. The number of nitrogens with one attached hydrogen (secondary N) is 4. The minimum absolute atomic E-state index is 0.127. The minimum atomic E-state index is -1.60. The van der Waals surface area contributed by atoms with Gasteiger partial charge in [0.1, 0.15) is 18.1 Å². The van der Waals surface area contributed by atoms with Gasteiger partial charge in [0.15, 0.2) is 0 Å². The Hall–Kier alpha value is -3.52. The van der Waals surface area contributed by atoms with Gasteiger partial charge in [-0.2, -0.15) is 0 Å². The Balaban J connectivity index is 3.04. The second-order valence-corrected chi connectivity index (χ2v) is 7.43. The van der Waals surface area contributed by atoms with Crippen LogP contribution in [0.5, 0.6) is 0 Å². The maximum absolute atomic E-state index is 12.8. The molecule has 0 saturated heterocycles. The Morgan fingerprint density at radius 2 is 1.59 bits per heavy atom. The lowest BCUT2D eigenvalue weighted by Crippen LogP contribution is -2.59. The van der Waals surface area contributed by atoms with E-state index in [1.165, 1.54) is 12.5 Å². The summed E-state index contributed by atoms with van der Waals surface area (Å²) in [6.45, 7) is 2.51. The van der Waals surface area contributed by atoms with E-state index >= 15 is 0 Å². The fourth-order valence-electron chi connectivity index (χ4n) is 2.54. The van der Waals surface area contributed by atoms with Gasteiger partial charge in [-0.3, -0.25) is 19.2 Å². The topological polar surface area (TPSA) is 243 Å². The molecule has 0 aliphatic carbocycles. The highest BCUT2D eigenvalue weighted by Crippen LogP contribution is 2.04. The molecule has 0 aliphatic rings. The number of nitrogens with two attached hydrogens (primary N) is 2. The van der Waals surface area contributed by atoms with Crippen LogP contribution in [0.1, 0.15) is 26.0 Å². The van der Waals surface area contributed by atoms with Gasteiger partial charge in [-0.15, -0.1) is 0 Å². The Labute approximate surface area is 183 Å². The summed E-state index contributed by atoms with van der Waals surface area (Å²) in [6.07, 6.45) is 2.04. The number of aliphatic carboxylic acids is 1. The largest absolute Gasteiger partial charge is 0.480 e. The smallest absolute Gasteiger partial charge is 0.328 e. The number of hydrogen-bond acceptors (Lipinski definition) is 8. The van der Waals surface area contributed by atoms with Crippen molar-refractivity contribution in [3.63, 3.8) is 0 Å². The average molecular weight is 455 g/mol. The van der Waals surface area contributed by atoms with Crippen LogP contribution in [0.2, 0.25) is 0 Å². The first-order valence-corrected chi connectivity index (χ1v) is 9.72. The number of H-pyrrole nitrogens is 1. The van der Waals surface area contributed by atoms with Crippen molar-refractivity contribution < 1.29 is 34.2 Å². The lowest BCUT2D eigenvalue weighted by molar-refractivity contribution is -0.143. The highest BCUT2D eigenvalue weighted by molar-refractivity contribution is 5.96. The molecule has 4 unspecified atom stereocenters. The van der Waals surface area contributed by atoms with Gasteiger partial charge in [0.05, 0.1) is 25.4 Å². The van der Waals surface area contributed by atoms with Crippen LogP contribution in [-0.2, 0) is 30.4 Å². The first-order valence-electron chi connectivity index (χ1n) is 9.72. The molecular weight excluding hydrogens is 426 g/mol. The number of carboxylic acid groups (broad SMARTS) is 1. The molecule has 178 valence electrons. The van der Waals surface area contributed by atoms with Gasteiger partial charge >= 0.3 is 5.97 Å². The number of aliphatic hydroxyl groups is 1. The molecule has 32 heavy (non-hydrogen) atoms. The van der Waals surface area contributed by atoms with E-state index < -0.39 is 66.8 Å². The summed E-state index contributed by atoms with van der Waals surface area (Å²) in [6, 6.07) is -5.31. The molecule has 0 spiro atoms. The van der Waals surface area contributed by atoms with E-state index in [9.17, 15) is 24.0 Å². The van der Waals surface area contributed by atoms with Crippen molar-refractivity contribution in [2.75, 3.05) is 6.61 Å². The van der Waals surface area contributed by atoms with Gasteiger partial charge in [-0.25, -0.2) is 9.78 Å². The van der Waals surface area contributed by atoms with E-state index in [1.807, 2.05) is 0 Å². The molecule has 1 rings (SSSR count). The number of imidazole rings is 1. The minimum Gasteiger partial charge on any atom is -0.480 e. The zero-order valence-corrected chi connectivity index (χ0v) is 17.7. The van der Waals surface area contributed by atoms with Gasteiger partial charge in [-0.05, 0) is 5.92 Å². The molecule has 14 heteroatoms. The van der Waals surface area contributed by atoms with Crippen LogP contribution in [0.4, 0.5) is 0 Å². The Morgan fingerprint density at radius 3 is 2.06 bits per heavy atom. The molecule has 10 N–H and O–H groups in total. The molecule has 0 aromatic carbocycles. The van der Waals surface area contributed by atoms with Crippen LogP contribution in [0.15, 0.2) is 12.5 Å². The molecule has 0 aliphatic heterocycles. The fourth-order valence-corrected chi connectivity index (χ4v) is 2.54. The van der Waals surface area contributed by atoms with Crippen LogP contribution in [0, 0.1) is 5.92 Å². The number of rotatable bonds is 13. The van der Waals surface area contributed by atoms with Crippen molar-refractivity contribution >= 4 is 29.6 Å². The average Bonchev–Trinajstić information content (AvgIpc) is 3.22. The number of carbonyl (C=O) groups is 5. The molecule has 0 bridgehead atoms. The molecule has 1 aromatic rings. The van der Waals surface area contributed by atoms with Gasteiger partial charge in [0, 0.05) is 18.3 Å². The number of carboxylic acids is 1. The summed E-state index contributed by atoms with van der Waals surface area (Å²) in [4.78, 5) is 66.7. The highest BCUT2D eigenvalue weighted by atomic mass is 16.4. The molecule has 0 fully saturated rings. The normalized spacial score (nSPS) is 14.7. The van der Waals surface area contributed by atoms with Crippen molar-refractivity contribution in [2.45, 2.75) is 50.9 Å². The van der Waals surface area contributed by atoms with Crippen molar-refractivity contribution in [3.05, 3.63) is 18.2 Å². The maximum atomic E-state index is 12.8. The van der Waals surface area contributed by atoms with Crippen LogP contribution >= 0.6 is 0 Å². The van der Waals surface area contributed by atoms with E-state index in [1.54, 1.807) is 13.8 Å². The first-order chi connectivity index (χ1) is 15.0. The van der Waals surface area contributed by atoms with Gasteiger partial charge in [-0.1, -0.05) is 13.8 Å². The number of hydrogen-bond donors (Lipinski definition) is 8. The van der Waals surface area contributed by atoms with E-state index in [4.69, 9.17) is 21.7 Å². The molecule has 0 saturated carbocycles. The second kappa shape index (κ2) is 12.4. The van der Waals surface area contributed by atoms with E-state index in [-0.39, 0.29) is 12.3 Å². The molecule has 14 nitrogen and oxygen atoms in total. The SMILES string of the molecule is CC(C)C(N)C(=O)NC(CC(N)=O)C(=O)NC(Cc1cnc[nH]1)C(=O)NC(CO)C(=O)O. The third-order valence-electron chi connectivity index (χ3n) is 4.47. The molecule has 4 atom stereocenters. The highest BCUT2D eigenvalue weighted by Gasteiger charge is 2.31. The number of carbonyl (C=O) groups excluding carboxylic acids is 4. The van der Waals surface area contributed by atoms with Gasteiger partial charge < -0.3 is 42.6 Å². The number of aromatic amines is 1. The van der Waals surface area contributed by atoms with Gasteiger partial charge in [0.25, 0.3) is 0 Å².